The van der Waals surface area contributed by atoms with Crippen LogP contribution in [0.4, 0.5) is 5.69 Å². The molecule has 0 bridgehead atoms. The number of hydrogen-bond donors (Lipinski definition) is 2. The van der Waals surface area contributed by atoms with Crippen molar-refractivity contribution < 1.29 is 18.0 Å². The maximum absolute atomic E-state index is 12.8. The van der Waals surface area contributed by atoms with Crippen LogP contribution < -0.4 is 16.2 Å². The number of hydrogen-bond acceptors (Lipinski definition) is 5. The molecule has 0 radical (unpaired) electrons. The molecule has 0 unspecified atom stereocenters. The van der Waals surface area contributed by atoms with E-state index in [9.17, 15) is 22.8 Å². The summed E-state index contributed by atoms with van der Waals surface area (Å²) in [6.07, 6.45) is 2.91. The van der Waals surface area contributed by atoms with Crippen molar-refractivity contribution in [3.05, 3.63) is 82.5 Å². The highest BCUT2D eigenvalue weighted by Gasteiger charge is 2.30. The zero-order chi connectivity index (χ0) is 20.6. The summed E-state index contributed by atoms with van der Waals surface area (Å²) in [5.41, 5.74) is 0.0287. The lowest BCUT2D eigenvalue weighted by molar-refractivity contribution is 0.0950. The Morgan fingerprint density at radius 3 is 2.66 bits per heavy atom. The van der Waals surface area contributed by atoms with Gasteiger partial charge in [0, 0.05) is 37.1 Å². The zero-order valence-electron chi connectivity index (χ0n) is 15.0. The van der Waals surface area contributed by atoms with E-state index in [1.165, 1.54) is 47.2 Å². The third-order valence-electron chi connectivity index (χ3n) is 4.51. The van der Waals surface area contributed by atoms with Crippen molar-refractivity contribution in [3.63, 3.8) is 0 Å². The molecule has 10 heteroatoms. The van der Waals surface area contributed by atoms with Crippen molar-refractivity contribution in [2.45, 2.75) is 11.4 Å². The minimum Gasteiger partial charge on any atom is -0.350 e. The molecule has 0 saturated heterocycles. The zero-order valence-corrected chi connectivity index (χ0v) is 15.8. The molecule has 1 aliphatic heterocycles. The van der Waals surface area contributed by atoms with Gasteiger partial charge < -0.3 is 15.2 Å². The van der Waals surface area contributed by atoms with Crippen LogP contribution in [0.2, 0.25) is 0 Å². The Balaban J connectivity index is 1.56. The molecule has 1 aliphatic rings. The van der Waals surface area contributed by atoms with Gasteiger partial charge >= 0.3 is 0 Å². The highest BCUT2D eigenvalue weighted by atomic mass is 32.2. The number of anilines is 1. The standard InChI is InChI=1S/C19H16N4O5S/c24-17-5-1-2-9-22(17)11-8-20-18(25)13-6-7-16-14(12-13)21-19(26)15-4-3-10-23(15)29(16,27)28/h1-7,9-10,12H,8,11H2,(H,20,25)(H,21,26). The number of rotatable bonds is 4. The quantitative estimate of drug-likeness (QED) is 0.659. The van der Waals surface area contributed by atoms with Gasteiger partial charge in [-0.3, -0.25) is 14.4 Å². The molecule has 2 amide bonds. The van der Waals surface area contributed by atoms with Crippen LogP contribution >= 0.6 is 0 Å². The van der Waals surface area contributed by atoms with Crippen LogP contribution in [0, 0.1) is 0 Å². The second-order valence-electron chi connectivity index (χ2n) is 6.35. The lowest BCUT2D eigenvalue weighted by Gasteiger charge is -2.11. The van der Waals surface area contributed by atoms with Crippen molar-refractivity contribution in [2.24, 2.45) is 0 Å². The number of benzene rings is 1. The third kappa shape index (κ3) is 3.34. The largest absolute Gasteiger partial charge is 0.350 e. The van der Waals surface area contributed by atoms with Gasteiger partial charge in [-0.05, 0) is 36.4 Å². The Hall–Kier alpha value is -3.66. The second kappa shape index (κ2) is 7.06. The Bertz CT molecular complexity index is 1290. The molecule has 0 atom stereocenters. The minimum atomic E-state index is -3.96. The van der Waals surface area contributed by atoms with E-state index in [0.717, 1.165) is 3.97 Å². The summed E-state index contributed by atoms with van der Waals surface area (Å²) in [5, 5.41) is 5.22. The van der Waals surface area contributed by atoms with Crippen LogP contribution in [0.1, 0.15) is 20.8 Å². The fourth-order valence-electron chi connectivity index (χ4n) is 3.07. The first-order chi connectivity index (χ1) is 13.9. The maximum atomic E-state index is 12.8. The van der Waals surface area contributed by atoms with E-state index in [4.69, 9.17) is 0 Å². The van der Waals surface area contributed by atoms with E-state index in [-0.39, 0.29) is 40.5 Å². The molecule has 9 nitrogen and oxygen atoms in total. The minimum absolute atomic E-state index is 0.0134. The predicted octanol–water partition coefficient (Wildman–Crippen LogP) is 0.882. The molecule has 2 N–H and O–H groups in total. The van der Waals surface area contributed by atoms with Crippen molar-refractivity contribution in [3.8, 4) is 0 Å². The number of carbonyl (C=O) groups excluding carboxylic acids is 2. The average Bonchev–Trinajstić information content (AvgIpc) is 3.17. The molecule has 3 heterocycles. The highest BCUT2D eigenvalue weighted by Crippen LogP contribution is 2.29. The molecule has 29 heavy (non-hydrogen) atoms. The molecule has 4 rings (SSSR count). The Kier molecular flexibility index (Phi) is 4.55. The van der Waals surface area contributed by atoms with Gasteiger partial charge in [0.2, 0.25) is 0 Å². The topological polar surface area (TPSA) is 119 Å². The van der Waals surface area contributed by atoms with E-state index in [2.05, 4.69) is 10.6 Å². The number of nitrogens with zero attached hydrogens (tertiary/aromatic N) is 2. The van der Waals surface area contributed by atoms with Gasteiger partial charge in [0.25, 0.3) is 27.4 Å². The molecular formula is C19H16N4O5S. The van der Waals surface area contributed by atoms with Gasteiger partial charge in [-0.25, -0.2) is 12.4 Å². The first-order valence-corrected chi connectivity index (χ1v) is 10.1. The van der Waals surface area contributed by atoms with Gasteiger partial charge in [-0.15, -0.1) is 0 Å². The Morgan fingerprint density at radius 2 is 1.86 bits per heavy atom. The lowest BCUT2D eigenvalue weighted by atomic mass is 10.2. The molecule has 148 valence electrons. The normalized spacial score (nSPS) is 14.3. The molecule has 0 saturated carbocycles. The summed E-state index contributed by atoms with van der Waals surface area (Å²) in [6.45, 7) is 0.493. The first-order valence-electron chi connectivity index (χ1n) is 8.70. The first kappa shape index (κ1) is 18.7. The summed E-state index contributed by atoms with van der Waals surface area (Å²) in [5.74, 6) is -1.04. The second-order valence-corrected chi connectivity index (χ2v) is 8.13. The SMILES string of the molecule is O=C(NCCn1ccccc1=O)c1ccc2c(c1)NC(=O)c1cccn1S2(=O)=O. The number of pyridine rings is 1. The van der Waals surface area contributed by atoms with Crippen LogP contribution in [0.15, 0.2) is 70.6 Å². The third-order valence-corrected chi connectivity index (χ3v) is 6.26. The smallest absolute Gasteiger partial charge is 0.273 e. The molecule has 3 aromatic rings. The van der Waals surface area contributed by atoms with Crippen molar-refractivity contribution >= 4 is 27.5 Å². The predicted molar refractivity (Wildman–Crippen MR) is 104 cm³/mol. The van der Waals surface area contributed by atoms with Crippen molar-refractivity contribution in [1.29, 1.82) is 0 Å². The fourth-order valence-corrected chi connectivity index (χ4v) is 4.55. The summed E-state index contributed by atoms with van der Waals surface area (Å²) < 4.78 is 28.0. The van der Waals surface area contributed by atoms with Crippen molar-refractivity contribution in [1.82, 2.24) is 13.9 Å². The monoisotopic (exact) mass is 412 g/mol. The van der Waals surface area contributed by atoms with Gasteiger partial charge in [0.15, 0.2) is 0 Å². The molecule has 0 spiro atoms. The van der Waals surface area contributed by atoms with Crippen LogP contribution in [0.3, 0.4) is 0 Å². The van der Waals surface area contributed by atoms with Gasteiger partial charge in [-0.1, -0.05) is 6.07 Å². The fraction of sp³-hybridized carbons (Fsp3) is 0.105. The summed E-state index contributed by atoms with van der Waals surface area (Å²) >= 11 is 0. The van der Waals surface area contributed by atoms with E-state index < -0.39 is 21.8 Å². The average molecular weight is 412 g/mol. The Labute approximate surface area is 165 Å². The number of aromatic nitrogens is 2. The van der Waals surface area contributed by atoms with Crippen LogP contribution in [0.25, 0.3) is 0 Å². The van der Waals surface area contributed by atoms with Crippen LogP contribution in [-0.2, 0) is 16.6 Å². The highest BCUT2D eigenvalue weighted by molar-refractivity contribution is 7.90. The number of nitrogens with one attached hydrogen (secondary N) is 2. The van der Waals surface area contributed by atoms with Gasteiger partial charge in [-0.2, -0.15) is 0 Å². The van der Waals surface area contributed by atoms with E-state index in [1.54, 1.807) is 18.3 Å². The molecule has 0 aliphatic carbocycles. The Morgan fingerprint density at radius 1 is 1.03 bits per heavy atom. The molecular weight excluding hydrogens is 396 g/mol. The van der Waals surface area contributed by atoms with E-state index in [0.29, 0.717) is 0 Å². The lowest BCUT2D eigenvalue weighted by Crippen LogP contribution is -2.30. The number of fused-ring (bicyclic) bond motifs is 2. The van der Waals surface area contributed by atoms with Gasteiger partial charge in [0.1, 0.15) is 10.6 Å². The number of carbonyl (C=O) groups is 2. The van der Waals surface area contributed by atoms with Crippen LogP contribution in [0.5, 0.6) is 0 Å². The van der Waals surface area contributed by atoms with Gasteiger partial charge in [0.05, 0.1) is 5.69 Å². The van der Waals surface area contributed by atoms with E-state index in [1.807, 2.05) is 0 Å². The molecule has 1 aromatic carbocycles. The molecule has 0 fully saturated rings. The maximum Gasteiger partial charge on any atom is 0.273 e. The summed E-state index contributed by atoms with van der Waals surface area (Å²) in [7, 11) is -3.96. The number of amides is 2. The van der Waals surface area contributed by atoms with Crippen molar-refractivity contribution in [2.75, 3.05) is 11.9 Å². The summed E-state index contributed by atoms with van der Waals surface area (Å²) in [4.78, 5) is 36.3. The summed E-state index contributed by atoms with van der Waals surface area (Å²) in [6, 6.07) is 11.6. The molecule has 2 aromatic heterocycles. The van der Waals surface area contributed by atoms with Crippen LogP contribution in [-0.4, -0.2) is 35.3 Å². The van der Waals surface area contributed by atoms with E-state index >= 15 is 0 Å².